The third-order valence-electron chi connectivity index (χ3n) is 6.50. The first kappa shape index (κ1) is 23.6. The molecule has 186 valence electrons. The predicted molar refractivity (Wildman–Crippen MR) is 135 cm³/mol. The van der Waals surface area contributed by atoms with Crippen LogP contribution in [0.5, 0.6) is 11.5 Å². The van der Waals surface area contributed by atoms with Crippen molar-refractivity contribution in [2.75, 3.05) is 44.4 Å². The Morgan fingerprint density at radius 1 is 0.889 bits per heavy atom. The molecule has 0 radical (unpaired) electrons. The van der Waals surface area contributed by atoms with Crippen LogP contribution in [-0.4, -0.2) is 61.2 Å². The average Bonchev–Trinajstić information content (AvgIpc) is 3.41. The number of benzene rings is 2. The van der Waals surface area contributed by atoms with Crippen LogP contribution < -0.4 is 25.0 Å². The molecule has 5 rings (SSSR count). The Hall–Kier alpha value is -4.11. The summed E-state index contributed by atoms with van der Waals surface area (Å²) < 4.78 is 10.7. The van der Waals surface area contributed by atoms with Gasteiger partial charge in [-0.15, -0.1) is 0 Å². The van der Waals surface area contributed by atoms with E-state index in [2.05, 4.69) is 37.6 Å². The maximum atomic E-state index is 12.6. The number of piperazine rings is 1. The Labute approximate surface area is 210 Å². The molecule has 2 N–H and O–H groups in total. The summed E-state index contributed by atoms with van der Waals surface area (Å²) in [5.74, 6) is -0.0224. The number of para-hydroxylation sites is 1. The van der Waals surface area contributed by atoms with E-state index in [0.29, 0.717) is 18.0 Å². The largest absolute Gasteiger partial charge is 0.454 e. The molecule has 2 amide bonds. The van der Waals surface area contributed by atoms with Crippen molar-refractivity contribution in [3.05, 3.63) is 84.2 Å². The van der Waals surface area contributed by atoms with E-state index in [0.717, 1.165) is 37.3 Å². The molecule has 1 saturated heterocycles. The molecular formula is C27H29N5O4. The number of fused-ring (bicyclic) bond motifs is 1. The minimum Gasteiger partial charge on any atom is -0.454 e. The van der Waals surface area contributed by atoms with Crippen LogP contribution >= 0.6 is 0 Å². The number of amides is 2. The van der Waals surface area contributed by atoms with Gasteiger partial charge in [0.1, 0.15) is 0 Å². The summed E-state index contributed by atoms with van der Waals surface area (Å²) in [6.45, 7) is 4.15. The fourth-order valence-electron chi connectivity index (χ4n) is 4.54. The molecule has 2 aromatic carbocycles. The van der Waals surface area contributed by atoms with Crippen molar-refractivity contribution in [3.63, 3.8) is 0 Å². The van der Waals surface area contributed by atoms with Gasteiger partial charge < -0.3 is 25.0 Å². The quantitative estimate of drug-likeness (QED) is 0.493. The molecule has 0 spiro atoms. The lowest BCUT2D eigenvalue weighted by Gasteiger charge is -2.40. The molecule has 0 saturated carbocycles. The van der Waals surface area contributed by atoms with E-state index >= 15 is 0 Å². The van der Waals surface area contributed by atoms with Crippen molar-refractivity contribution in [1.82, 2.24) is 20.5 Å². The summed E-state index contributed by atoms with van der Waals surface area (Å²) in [5, 5.41) is 5.50. The number of hydrogen-bond donors (Lipinski definition) is 2. The van der Waals surface area contributed by atoms with Gasteiger partial charge in [0, 0.05) is 57.3 Å². The Morgan fingerprint density at radius 3 is 2.44 bits per heavy atom. The van der Waals surface area contributed by atoms with Gasteiger partial charge in [-0.3, -0.25) is 19.5 Å². The fraction of sp³-hybridized carbons (Fsp3) is 0.296. The minimum atomic E-state index is -0.675. The molecule has 1 fully saturated rings. The molecule has 0 aliphatic carbocycles. The normalized spacial score (nSPS) is 15.8. The van der Waals surface area contributed by atoms with Gasteiger partial charge in [0.15, 0.2) is 11.5 Å². The molecule has 2 aliphatic heterocycles. The lowest BCUT2D eigenvalue weighted by Crippen LogP contribution is -2.50. The highest BCUT2D eigenvalue weighted by atomic mass is 16.7. The van der Waals surface area contributed by atoms with Crippen molar-refractivity contribution >= 4 is 17.5 Å². The van der Waals surface area contributed by atoms with Gasteiger partial charge in [-0.25, -0.2) is 0 Å². The van der Waals surface area contributed by atoms with E-state index in [9.17, 15) is 9.59 Å². The first-order valence-electron chi connectivity index (χ1n) is 12.1. The number of carbonyl (C=O) groups excluding carboxylic acids is 2. The van der Waals surface area contributed by atoms with Crippen LogP contribution in [0.15, 0.2) is 73.1 Å². The first-order chi connectivity index (χ1) is 17.7. The summed E-state index contributed by atoms with van der Waals surface area (Å²) in [6.07, 6.45) is 3.55. The molecule has 9 nitrogen and oxygen atoms in total. The van der Waals surface area contributed by atoms with Crippen molar-refractivity contribution in [1.29, 1.82) is 0 Å². The van der Waals surface area contributed by atoms with Crippen LogP contribution in [0, 0.1) is 0 Å². The van der Waals surface area contributed by atoms with Crippen molar-refractivity contribution < 1.29 is 19.1 Å². The molecule has 0 bridgehead atoms. The number of rotatable bonds is 7. The lowest BCUT2D eigenvalue weighted by atomic mass is 10.1. The van der Waals surface area contributed by atoms with Crippen LogP contribution in [0.4, 0.5) is 5.69 Å². The minimum absolute atomic E-state index is 0.0813. The van der Waals surface area contributed by atoms with Crippen molar-refractivity contribution in [3.8, 4) is 11.5 Å². The van der Waals surface area contributed by atoms with Crippen LogP contribution in [0.1, 0.15) is 17.2 Å². The third-order valence-corrected chi connectivity index (χ3v) is 6.50. The van der Waals surface area contributed by atoms with Crippen LogP contribution in [0.25, 0.3) is 0 Å². The second-order valence-electron chi connectivity index (χ2n) is 8.74. The molecule has 1 unspecified atom stereocenters. The molecule has 1 atom stereocenters. The standard InChI is InChI=1S/C27H29N5O4/c33-26(29-16-20-8-9-24-25(15-20)36-19-35-24)27(34)30-18-23(21-5-4-10-28-17-21)32-13-11-31(12-14-32)22-6-2-1-3-7-22/h1-10,15,17,23H,11-14,16,18-19H2,(H,29,33)(H,30,34). The van der Waals surface area contributed by atoms with E-state index in [1.165, 1.54) is 5.69 Å². The fourth-order valence-corrected chi connectivity index (χ4v) is 4.54. The molecule has 3 heterocycles. The topological polar surface area (TPSA) is 96.0 Å². The van der Waals surface area contributed by atoms with Gasteiger partial charge in [-0.1, -0.05) is 30.3 Å². The van der Waals surface area contributed by atoms with E-state index in [1.807, 2.05) is 42.6 Å². The van der Waals surface area contributed by atoms with Gasteiger partial charge in [0.25, 0.3) is 0 Å². The van der Waals surface area contributed by atoms with E-state index in [1.54, 1.807) is 18.3 Å². The monoisotopic (exact) mass is 487 g/mol. The first-order valence-corrected chi connectivity index (χ1v) is 12.1. The number of ether oxygens (including phenoxy) is 2. The van der Waals surface area contributed by atoms with Crippen LogP contribution in [0.3, 0.4) is 0 Å². The Balaban J connectivity index is 1.16. The van der Waals surface area contributed by atoms with E-state index in [4.69, 9.17) is 9.47 Å². The number of anilines is 1. The molecule has 2 aliphatic rings. The summed E-state index contributed by atoms with van der Waals surface area (Å²) >= 11 is 0. The molecular weight excluding hydrogens is 458 g/mol. The highest BCUT2D eigenvalue weighted by Gasteiger charge is 2.27. The zero-order valence-electron chi connectivity index (χ0n) is 19.9. The highest BCUT2D eigenvalue weighted by molar-refractivity contribution is 6.35. The molecule has 36 heavy (non-hydrogen) atoms. The average molecular weight is 488 g/mol. The molecule has 1 aromatic heterocycles. The Morgan fingerprint density at radius 2 is 1.67 bits per heavy atom. The SMILES string of the molecule is O=C(NCc1ccc2c(c1)OCO2)C(=O)NCC(c1cccnc1)N1CCN(c2ccccc2)CC1. The third kappa shape index (κ3) is 5.58. The lowest BCUT2D eigenvalue weighted by molar-refractivity contribution is -0.139. The Kier molecular flexibility index (Phi) is 7.28. The summed E-state index contributed by atoms with van der Waals surface area (Å²) in [7, 11) is 0. The van der Waals surface area contributed by atoms with Gasteiger partial charge in [0.2, 0.25) is 6.79 Å². The van der Waals surface area contributed by atoms with E-state index in [-0.39, 0.29) is 19.4 Å². The zero-order valence-corrected chi connectivity index (χ0v) is 19.9. The smallest absolute Gasteiger partial charge is 0.309 e. The number of hydrogen-bond acceptors (Lipinski definition) is 7. The molecule has 9 heteroatoms. The van der Waals surface area contributed by atoms with Gasteiger partial charge in [-0.05, 0) is 41.5 Å². The number of nitrogens with one attached hydrogen (secondary N) is 2. The number of aromatic nitrogens is 1. The Bertz CT molecular complexity index is 1180. The maximum absolute atomic E-state index is 12.6. The second-order valence-corrected chi connectivity index (χ2v) is 8.74. The van der Waals surface area contributed by atoms with Crippen LogP contribution in [0.2, 0.25) is 0 Å². The summed E-state index contributed by atoms with van der Waals surface area (Å²) in [5.41, 5.74) is 3.04. The van der Waals surface area contributed by atoms with Crippen molar-refractivity contribution in [2.24, 2.45) is 0 Å². The van der Waals surface area contributed by atoms with Crippen LogP contribution in [-0.2, 0) is 16.1 Å². The molecule has 3 aromatic rings. The highest BCUT2D eigenvalue weighted by Crippen LogP contribution is 2.32. The second kappa shape index (κ2) is 11.1. The number of carbonyl (C=O) groups is 2. The van der Waals surface area contributed by atoms with Crippen molar-refractivity contribution in [2.45, 2.75) is 12.6 Å². The van der Waals surface area contributed by atoms with E-state index < -0.39 is 11.8 Å². The summed E-state index contributed by atoms with van der Waals surface area (Å²) in [4.78, 5) is 34.0. The predicted octanol–water partition coefficient (Wildman–Crippen LogP) is 2.11. The van der Waals surface area contributed by atoms with Gasteiger partial charge in [0.05, 0.1) is 6.04 Å². The van der Waals surface area contributed by atoms with Gasteiger partial charge in [-0.2, -0.15) is 0 Å². The summed E-state index contributed by atoms with van der Waals surface area (Å²) in [6, 6.07) is 19.6. The zero-order chi connectivity index (χ0) is 24.7. The number of pyridine rings is 1. The number of nitrogens with zero attached hydrogens (tertiary/aromatic N) is 3. The maximum Gasteiger partial charge on any atom is 0.309 e. The van der Waals surface area contributed by atoms with Gasteiger partial charge >= 0.3 is 11.8 Å².